The van der Waals surface area contributed by atoms with E-state index in [4.69, 9.17) is 14.5 Å². The summed E-state index contributed by atoms with van der Waals surface area (Å²) in [6.45, 7) is 1.53. The molecular formula is C24H24N2O2. The standard InChI is InChI=1S/C24H24N2O2/c1-27-20-12-14-21(15-13-20)28-17-7-16-26-23-11-6-5-10-22(23)25-24(26)18-19-8-3-2-4-9-19/h2-6,8-15H,7,16-18H2,1H3. The van der Waals surface area contributed by atoms with Crippen LogP contribution in [-0.2, 0) is 13.0 Å². The van der Waals surface area contributed by atoms with E-state index < -0.39 is 0 Å². The molecule has 0 aliphatic carbocycles. The van der Waals surface area contributed by atoms with Gasteiger partial charge in [0.05, 0.1) is 24.8 Å². The maximum absolute atomic E-state index is 5.88. The molecule has 3 aromatic carbocycles. The van der Waals surface area contributed by atoms with Crippen LogP contribution < -0.4 is 9.47 Å². The summed E-state index contributed by atoms with van der Waals surface area (Å²) in [7, 11) is 1.67. The monoisotopic (exact) mass is 372 g/mol. The topological polar surface area (TPSA) is 36.3 Å². The Bertz CT molecular complexity index is 1020. The Morgan fingerprint density at radius 2 is 1.54 bits per heavy atom. The number of aryl methyl sites for hydroxylation is 1. The average Bonchev–Trinajstić information content (AvgIpc) is 3.09. The van der Waals surface area contributed by atoms with Gasteiger partial charge in [-0.15, -0.1) is 0 Å². The van der Waals surface area contributed by atoms with Crippen molar-refractivity contribution in [2.75, 3.05) is 13.7 Å². The Hall–Kier alpha value is -3.27. The second kappa shape index (κ2) is 8.61. The SMILES string of the molecule is COc1ccc(OCCCn2c(Cc3ccccc3)nc3ccccc32)cc1. The highest BCUT2D eigenvalue weighted by Gasteiger charge is 2.11. The van der Waals surface area contributed by atoms with Gasteiger partial charge in [-0.25, -0.2) is 4.98 Å². The van der Waals surface area contributed by atoms with Gasteiger partial charge in [0.1, 0.15) is 17.3 Å². The van der Waals surface area contributed by atoms with Crippen molar-refractivity contribution in [1.82, 2.24) is 9.55 Å². The van der Waals surface area contributed by atoms with Crippen LogP contribution in [0.3, 0.4) is 0 Å². The molecule has 0 fully saturated rings. The van der Waals surface area contributed by atoms with Gasteiger partial charge < -0.3 is 14.0 Å². The number of fused-ring (bicyclic) bond motifs is 1. The molecule has 0 bridgehead atoms. The van der Waals surface area contributed by atoms with E-state index in [1.54, 1.807) is 7.11 Å². The zero-order chi connectivity index (χ0) is 19.2. The van der Waals surface area contributed by atoms with Crippen molar-refractivity contribution < 1.29 is 9.47 Å². The number of methoxy groups -OCH3 is 1. The van der Waals surface area contributed by atoms with Crippen LogP contribution in [0.25, 0.3) is 11.0 Å². The molecule has 4 nitrogen and oxygen atoms in total. The molecule has 0 spiro atoms. The van der Waals surface area contributed by atoms with Crippen LogP contribution in [-0.4, -0.2) is 23.3 Å². The van der Waals surface area contributed by atoms with Crippen molar-refractivity contribution in [2.24, 2.45) is 0 Å². The molecule has 142 valence electrons. The fourth-order valence-corrected chi connectivity index (χ4v) is 3.37. The number of hydrogen-bond acceptors (Lipinski definition) is 3. The molecular weight excluding hydrogens is 348 g/mol. The number of hydrogen-bond donors (Lipinski definition) is 0. The summed E-state index contributed by atoms with van der Waals surface area (Å²) in [6.07, 6.45) is 1.74. The molecule has 0 saturated heterocycles. The zero-order valence-corrected chi connectivity index (χ0v) is 16.0. The molecule has 0 saturated carbocycles. The fraction of sp³-hybridized carbons (Fsp3) is 0.208. The zero-order valence-electron chi connectivity index (χ0n) is 16.0. The van der Waals surface area contributed by atoms with Crippen LogP contribution in [0.5, 0.6) is 11.5 Å². The molecule has 0 unspecified atom stereocenters. The third-order valence-corrected chi connectivity index (χ3v) is 4.79. The molecule has 0 aliphatic heterocycles. The minimum Gasteiger partial charge on any atom is -0.497 e. The van der Waals surface area contributed by atoms with Gasteiger partial charge in [-0.05, 0) is 48.4 Å². The van der Waals surface area contributed by atoms with Gasteiger partial charge in [0, 0.05) is 13.0 Å². The summed E-state index contributed by atoms with van der Waals surface area (Å²) < 4.78 is 13.4. The van der Waals surface area contributed by atoms with E-state index in [-0.39, 0.29) is 0 Å². The van der Waals surface area contributed by atoms with Gasteiger partial charge in [0.2, 0.25) is 0 Å². The van der Waals surface area contributed by atoms with Gasteiger partial charge >= 0.3 is 0 Å². The van der Waals surface area contributed by atoms with Gasteiger partial charge in [-0.2, -0.15) is 0 Å². The molecule has 4 aromatic rings. The maximum Gasteiger partial charge on any atom is 0.119 e. The Morgan fingerprint density at radius 1 is 0.821 bits per heavy atom. The van der Waals surface area contributed by atoms with Crippen LogP contribution in [0, 0.1) is 0 Å². The first-order chi connectivity index (χ1) is 13.8. The summed E-state index contributed by atoms with van der Waals surface area (Å²) in [5.74, 6) is 2.79. The number of aromatic nitrogens is 2. The van der Waals surface area contributed by atoms with E-state index in [0.717, 1.165) is 42.2 Å². The number of imidazole rings is 1. The number of para-hydroxylation sites is 2. The largest absolute Gasteiger partial charge is 0.497 e. The maximum atomic E-state index is 5.88. The lowest BCUT2D eigenvalue weighted by molar-refractivity contribution is 0.301. The molecule has 1 heterocycles. The van der Waals surface area contributed by atoms with Crippen molar-refractivity contribution in [2.45, 2.75) is 19.4 Å². The summed E-state index contributed by atoms with van der Waals surface area (Å²) in [5, 5.41) is 0. The average molecular weight is 372 g/mol. The quantitative estimate of drug-likeness (QED) is 0.404. The van der Waals surface area contributed by atoms with Crippen molar-refractivity contribution in [3.8, 4) is 11.5 Å². The molecule has 4 heteroatoms. The molecule has 0 aliphatic rings. The number of nitrogens with zero attached hydrogens (tertiary/aromatic N) is 2. The summed E-state index contributed by atoms with van der Waals surface area (Å²) in [5.41, 5.74) is 3.50. The lowest BCUT2D eigenvalue weighted by Crippen LogP contribution is -2.08. The highest BCUT2D eigenvalue weighted by molar-refractivity contribution is 5.76. The van der Waals surface area contributed by atoms with Gasteiger partial charge in [0.15, 0.2) is 0 Å². The third kappa shape index (κ3) is 4.17. The first-order valence-electron chi connectivity index (χ1n) is 9.58. The molecule has 0 amide bonds. The molecule has 28 heavy (non-hydrogen) atoms. The molecule has 0 atom stereocenters. The van der Waals surface area contributed by atoms with Crippen molar-refractivity contribution >= 4 is 11.0 Å². The van der Waals surface area contributed by atoms with Crippen LogP contribution in [0.1, 0.15) is 17.8 Å². The van der Waals surface area contributed by atoms with Crippen LogP contribution in [0.4, 0.5) is 0 Å². The highest BCUT2D eigenvalue weighted by Crippen LogP contribution is 2.20. The minimum atomic E-state index is 0.656. The van der Waals surface area contributed by atoms with Crippen molar-refractivity contribution in [1.29, 1.82) is 0 Å². The van der Waals surface area contributed by atoms with Gasteiger partial charge in [0.25, 0.3) is 0 Å². The van der Waals surface area contributed by atoms with E-state index in [9.17, 15) is 0 Å². The highest BCUT2D eigenvalue weighted by atomic mass is 16.5. The summed E-state index contributed by atoms with van der Waals surface area (Å²) >= 11 is 0. The van der Waals surface area contributed by atoms with Crippen molar-refractivity contribution in [3.05, 3.63) is 90.3 Å². The second-order valence-corrected chi connectivity index (χ2v) is 6.71. The smallest absolute Gasteiger partial charge is 0.119 e. The predicted octanol–water partition coefficient (Wildman–Crippen LogP) is 5.10. The second-order valence-electron chi connectivity index (χ2n) is 6.71. The van der Waals surface area contributed by atoms with E-state index in [2.05, 4.69) is 47.0 Å². The Labute approximate surface area is 165 Å². The predicted molar refractivity (Wildman–Crippen MR) is 112 cm³/mol. The molecule has 0 N–H and O–H groups in total. The lowest BCUT2D eigenvalue weighted by atomic mass is 10.1. The van der Waals surface area contributed by atoms with Crippen molar-refractivity contribution in [3.63, 3.8) is 0 Å². The van der Waals surface area contributed by atoms with E-state index in [1.807, 2.05) is 36.4 Å². The minimum absolute atomic E-state index is 0.656. The number of benzene rings is 3. The normalized spacial score (nSPS) is 10.9. The first kappa shape index (κ1) is 18.1. The van der Waals surface area contributed by atoms with Crippen LogP contribution >= 0.6 is 0 Å². The molecule has 0 radical (unpaired) electrons. The Balaban J connectivity index is 1.45. The van der Waals surface area contributed by atoms with Gasteiger partial charge in [-0.1, -0.05) is 42.5 Å². The molecule has 4 rings (SSSR count). The number of ether oxygens (including phenoxy) is 2. The summed E-state index contributed by atoms with van der Waals surface area (Å²) in [4.78, 5) is 4.87. The third-order valence-electron chi connectivity index (χ3n) is 4.79. The van der Waals surface area contributed by atoms with Crippen LogP contribution in [0.15, 0.2) is 78.9 Å². The van der Waals surface area contributed by atoms with E-state index >= 15 is 0 Å². The lowest BCUT2D eigenvalue weighted by Gasteiger charge is -2.11. The first-order valence-corrected chi connectivity index (χ1v) is 9.58. The molecule has 1 aromatic heterocycles. The Kier molecular flexibility index (Phi) is 5.57. The van der Waals surface area contributed by atoms with E-state index in [0.29, 0.717) is 6.61 Å². The van der Waals surface area contributed by atoms with E-state index in [1.165, 1.54) is 11.1 Å². The van der Waals surface area contributed by atoms with Crippen LogP contribution in [0.2, 0.25) is 0 Å². The summed E-state index contributed by atoms with van der Waals surface area (Å²) in [6, 6.07) is 26.5. The fourth-order valence-electron chi connectivity index (χ4n) is 3.37. The van der Waals surface area contributed by atoms with Gasteiger partial charge in [-0.3, -0.25) is 0 Å². The Morgan fingerprint density at radius 3 is 2.32 bits per heavy atom. The number of rotatable bonds is 8.